The topological polar surface area (TPSA) is 98.9 Å². The molecule has 4 heterocycles. The molecular formula is C14H17N7. The molecule has 108 valence electrons. The molecule has 0 saturated carbocycles. The average molecular weight is 283 g/mol. The lowest BCUT2D eigenvalue weighted by molar-refractivity contribution is 1.09. The maximum atomic E-state index is 3.78. The van der Waals surface area contributed by atoms with E-state index in [-0.39, 0.29) is 0 Å². The molecule has 0 aliphatic carbocycles. The molecule has 3 N–H and O–H groups in total. The quantitative estimate of drug-likeness (QED) is 0.461. The van der Waals surface area contributed by atoms with Crippen molar-refractivity contribution in [3.8, 4) is 0 Å². The molecule has 0 atom stereocenters. The molecule has 0 spiro atoms. The molecule has 0 aliphatic rings. The second-order valence-corrected chi connectivity index (χ2v) is 3.32. The van der Waals surface area contributed by atoms with Gasteiger partial charge in [-0.2, -0.15) is 10.2 Å². The molecule has 7 heteroatoms. The number of H-pyrrole nitrogens is 3. The first kappa shape index (κ1) is 15.8. The van der Waals surface area contributed by atoms with Crippen molar-refractivity contribution in [2.75, 3.05) is 0 Å². The zero-order valence-electron chi connectivity index (χ0n) is 11.4. The first-order valence-corrected chi connectivity index (χ1v) is 6.15. The molecule has 0 amide bonds. The van der Waals surface area contributed by atoms with E-state index in [0.29, 0.717) is 0 Å². The van der Waals surface area contributed by atoms with Crippen LogP contribution in [0.3, 0.4) is 0 Å². The van der Waals surface area contributed by atoms with Gasteiger partial charge in [0, 0.05) is 49.6 Å². The van der Waals surface area contributed by atoms with E-state index in [4.69, 9.17) is 0 Å². The summed E-state index contributed by atoms with van der Waals surface area (Å²) in [5.74, 6) is 0. The molecule has 0 aromatic carbocycles. The smallest absolute Gasteiger partial charge is 0.0919 e. The summed E-state index contributed by atoms with van der Waals surface area (Å²) in [6.07, 6.45) is 15.5. The Balaban J connectivity index is 0.000000140. The Labute approximate surface area is 122 Å². The molecule has 0 aliphatic heterocycles. The number of rotatable bonds is 0. The van der Waals surface area contributed by atoms with Crippen LogP contribution in [0.2, 0.25) is 0 Å². The minimum Gasteiger partial charge on any atom is -0.351 e. The number of hydrogen-bond donors (Lipinski definition) is 3. The number of nitrogens with one attached hydrogen (secondary N) is 3. The van der Waals surface area contributed by atoms with E-state index < -0.39 is 0 Å². The first-order chi connectivity index (χ1) is 10.5. The van der Waals surface area contributed by atoms with Crippen LogP contribution in [-0.4, -0.2) is 35.3 Å². The van der Waals surface area contributed by atoms with Crippen LogP contribution in [0.5, 0.6) is 0 Å². The first-order valence-electron chi connectivity index (χ1n) is 6.15. The predicted molar refractivity (Wildman–Crippen MR) is 80.0 cm³/mol. The highest BCUT2D eigenvalue weighted by atomic mass is 15.1. The molecular weight excluding hydrogens is 266 g/mol. The minimum absolute atomic E-state index is 1.62. The van der Waals surface area contributed by atoms with Crippen LogP contribution in [0.1, 0.15) is 0 Å². The summed E-state index contributed by atoms with van der Waals surface area (Å²) in [6.45, 7) is 0. The normalized spacial score (nSPS) is 8.00. The second kappa shape index (κ2) is 13.2. The van der Waals surface area contributed by atoms with Crippen molar-refractivity contribution in [1.82, 2.24) is 35.3 Å². The third kappa shape index (κ3) is 11.6. The van der Waals surface area contributed by atoms with Gasteiger partial charge < -0.3 is 4.98 Å². The number of imidazole rings is 1. The average Bonchev–Trinajstić information content (AvgIpc) is 3.38. The highest BCUT2D eigenvalue weighted by molar-refractivity contribution is 4.88. The van der Waals surface area contributed by atoms with Crippen LogP contribution in [0.4, 0.5) is 0 Å². The largest absolute Gasteiger partial charge is 0.351 e. The maximum Gasteiger partial charge on any atom is 0.0919 e. The molecule has 0 radical (unpaired) electrons. The van der Waals surface area contributed by atoms with Gasteiger partial charge >= 0.3 is 0 Å². The van der Waals surface area contributed by atoms with E-state index in [9.17, 15) is 0 Å². The highest BCUT2D eigenvalue weighted by Crippen LogP contribution is 1.73. The van der Waals surface area contributed by atoms with E-state index >= 15 is 0 Å². The fourth-order valence-electron chi connectivity index (χ4n) is 0.958. The van der Waals surface area contributed by atoms with Gasteiger partial charge in [0.25, 0.3) is 0 Å². The minimum atomic E-state index is 1.62. The van der Waals surface area contributed by atoms with Gasteiger partial charge in [0.05, 0.1) is 6.33 Å². The van der Waals surface area contributed by atoms with Gasteiger partial charge in [-0.05, 0) is 24.3 Å². The standard InChI is InChI=1S/C5H5N.3C3H4N2/c1-2-4-6-5-3-1;1-2-5-3-4-1;2*1-2-4-5-3-1/h1-5H;3*1-3H,(H,4,5). The number of hydrogen-bond acceptors (Lipinski definition) is 4. The van der Waals surface area contributed by atoms with Crippen molar-refractivity contribution < 1.29 is 0 Å². The molecule has 4 rings (SSSR count). The van der Waals surface area contributed by atoms with Crippen LogP contribution in [-0.2, 0) is 0 Å². The van der Waals surface area contributed by atoms with Crippen molar-refractivity contribution in [2.45, 2.75) is 0 Å². The molecule has 0 unspecified atom stereocenters. The van der Waals surface area contributed by atoms with Gasteiger partial charge in [-0.15, -0.1) is 0 Å². The Hall–Kier alpha value is -3.22. The van der Waals surface area contributed by atoms with Crippen LogP contribution in [0.15, 0.2) is 86.2 Å². The monoisotopic (exact) mass is 283 g/mol. The maximum absolute atomic E-state index is 3.78. The fourth-order valence-corrected chi connectivity index (χ4v) is 0.958. The lowest BCUT2D eigenvalue weighted by atomic mass is 10.5. The molecule has 21 heavy (non-hydrogen) atoms. The summed E-state index contributed by atoms with van der Waals surface area (Å²) < 4.78 is 0. The lowest BCUT2D eigenvalue weighted by Gasteiger charge is -1.70. The molecule has 0 bridgehead atoms. The van der Waals surface area contributed by atoms with Gasteiger partial charge in [-0.25, -0.2) is 4.98 Å². The summed E-state index contributed by atoms with van der Waals surface area (Å²) in [6, 6.07) is 9.38. The SMILES string of the molecule is c1c[nH]cn1.c1ccncc1.c1cn[nH]c1.c1cn[nH]c1. The summed E-state index contributed by atoms with van der Waals surface area (Å²) in [5.41, 5.74) is 0. The van der Waals surface area contributed by atoms with Crippen molar-refractivity contribution >= 4 is 0 Å². The van der Waals surface area contributed by atoms with E-state index in [1.165, 1.54) is 0 Å². The van der Waals surface area contributed by atoms with Crippen LogP contribution < -0.4 is 0 Å². The van der Waals surface area contributed by atoms with Gasteiger partial charge in [-0.3, -0.25) is 15.2 Å². The third-order valence-electron chi connectivity index (χ3n) is 1.78. The third-order valence-corrected chi connectivity index (χ3v) is 1.78. The number of aromatic nitrogens is 7. The van der Waals surface area contributed by atoms with Crippen LogP contribution in [0, 0.1) is 0 Å². The van der Waals surface area contributed by atoms with E-state index in [2.05, 4.69) is 35.3 Å². The van der Waals surface area contributed by atoms with Crippen molar-refractivity contribution in [3.63, 3.8) is 0 Å². The molecule has 4 aromatic rings. The van der Waals surface area contributed by atoms with Gasteiger partial charge in [0.15, 0.2) is 0 Å². The Morgan fingerprint density at radius 1 is 0.524 bits per heavy atom. The Bertz CT molecular complexity index is 418. The van der Waals surface area contributed by atoms with Crippen LogP contribution >= 0.6 is 0 Å². The Morgan fingerprint density at radius 3 is 1.33 bits per heavy atom. The Morgan fingerprint density at radius 2 is 1.19 bits per heavy atom. The van der Waals surface area contributed by atoms with E-state index in [1.807, 2.05) is 30.3 Å². The molecule has 0 saturated heterocycles. The van der Waals surface area contributed by atoms with Crippen molar-refractivity contribution in [2.24, 2.45) is 0 Å². The van der Waals surface area contributed by atoms with Crippen molar-refractivity contribution in [3.05, 3.63) is 86.2 Å². The Kier molecular flexibility index (Phi) is 9.97. The zero-order chi connectivity index (χ0) is 14.8. The van der Waals surface area contributed by atoms with E-state index in [1.54, 1.807) is 55.9 Å². The molecule has 4 aromatic heterocycles. The summed E-state index contributed by atoms with van der Waals surface area (Å²) in [4.78, 5) is 10.2. The molecule has 7 nitrogen and oxygen atoms in total. The fraction of sp³-hybridized carbons (Fsp3) is 0. The second-order valence-electron chi connectivity index (χ2n) is 3.32. The summed E-state index contributed by atoms with van der Waals surface area (Å²) in [7, 11) is 0. The van der Waals surface area contributed by atoms with Crippen molar-refractivity contribution in [1.29, 1.82) is 0 Å². The molecule has 0 fully saturated rings. The number of pyridine rings is 1. The lowest BCUT2D eigenvalue weighted by Crippen LogP contribution is -1.58. The highest BCUT2D eigenvalue weighted by Gasteiger charge is 1.59. The van der Waals surface area contributed by atoms with Crippen LogP contribution in [0.25, 0.3) is 0 Å². The van der Waals surface area contributed by atoms with Gasteiger partial charge in [0.1, 0.15) is 0 Å². The van der Waals surface area contributed by atoms with E-state index in [0.717, 1.165) is 0 Å². The zero-order valence-corrected chi connectivity index (χ0v) is 11.4. The summed E-state index contributed by atoms with van der Waals surface area (Å²) >= 11 is 0. The number of aromatic amines is 3. The predicted octanol–water partition coefficient (Wildman–Crippen LogP) is 2.31. The van der Waals surface area contributed by atoms with Gasteiger partial charge in [-0.1, -0.05) is 6.07 Å². The summed E-state index contributed by atoms with van der Waals surface area (Å²) in [5, 5.41) is 12.4. The number of nitrogens with zero attached hydrogens (tertiary/aromatic N) is 4. The van der Waals surface area contributed by atoms with Gasteiger partial charge in [0.2, 0.25) is 0 Å².